The maximum atomic E-state index is 11.6. The number of carbonyl (C=O) groups is 2. The molecule has 2 amide bonds. The van der Waals surface area contributed by atoms with Gasteiger partial charge in [-0.15, -0.1) is 0 Å². The molecule has 0 aromatic heterocycles. The highest BCUT2D eigenvalue weighted by molar-refractivity contribution is 5.88. The lowest BCUT2D eigenvalue weighted by Gasteiger charge is -2.06. The standard InChI is InChI=1S/C14H20N2O3/c1-11(18)16-13-6-4-12(5-7-13)10-14(19)15-8-2-3-9-17/h4-7,17H,2-3,8-10H2,1H3,(H,15,19)(H,16,18). The molecule has 5 nitrogen and oxygen atoms in total. The molecule has 0 radical (unpaired) electrons. The Hall–Kier alpha value is -1.88. The number of carbonyl (C=O) groups excluding carboxylic acids is 2. The zero-order valence-corrected chi connectivity index (χ0v) is 11.1. The highest BCUT2D eigenvalue weighted by Gasteiger charge is 2.03. The summed E-state index contributed by atoms with van der Waals surface area (Å²) in [6, 6.07) is 7.18. The Bertz CT molecular complexity index is 415. The zero-order chi connectivity index (χ0) is 14.1. The van der Waals surface area contributed by atoms with Crippen LogP contribution in [0.15, 0.2) is 24.3 Å². The van der Waals surface area contributed by atoms with Crippen LogP contribution in [-0.4, -0.2) is 30.1 Å². The highest BCUT2D eigenvalue weighted by Crippen LogP contribution is 2.09. The van der Waals surface area contributed by atoms with Gasteiger partial charge in [0.1, 0.15) is 0 Å². The number of hydrogen-bond acceptors (Lipinski definition) is 3. The largest absolute Gasteiger partial charge is 0.396 e. The van der Waals surface area contributed by atoms with Gasteiger partial charge in [-0.05, 0) is 30.5 Å². The maximum Gasteiger partial charge on any atom is 0.224 e. The Labute approximate surface area is 113 Å². The molecule has 5 heteroatoms. The summed E-state index contributed by atoms with van der Waals surface area (Å²) in [6.45, 7) is 2.19. The van der Waals surface area contributed by atoms with Gasteiger partial charge in [0.25, 0.3) is 0 Å². The molecule has 0 aliphatic heterocycles. The Morgan fingerprint density at radius 3 is 2.42 bits per heavy atom. The van der Waals surface area contributed by atoms with Crippen molar-refractivity contribution in [1.29, 1.82) is 0 Å². The van der Waals surface area contributed by atoms with Crippen molar-refractivity contribution in [1.82, 2.24) is 5.32 Å². The minimum atomic E-state index is -0.116. The number of anilines is 1. The van der Waals surface area contributed by atoms with Crippen LogP contribution in [0.1, 0.15) is 25.3 Å². The van der Waals surface area contributed by atoms with Gasteiger partial charge in [-0.3, -0.25) is 9.59 Å². The summed E-state index contributed by atoms with van der Waals surface area (Å²) in [4.78, 5) is 22.4. The lowest BCUT2D eigenvalue weighted by Crippen LogP contribution is -2.26. The molecular formula is C14H20N2O3. The molecule has 3 N–H and O–H groups in total. The van der Waals surface area contributed by atoms with Gasteiger partial charge in [0.15, 0.2) is 0 Å². The van der Waals surface area contributed by atoms with Gasteiger partial charge in [0.2, 0.25) is 11.8 Å². The molecule has 1 rings (SSSR count). The van der Waals surface area contributed by atoms with E-state index in [1.165, 1.54) is 6.92 Å². The molecule has 0 aliphatic carbocycles. The molecule has 0 aliphatic rings. The molecule has 0 saturated carbocycles. The summed E-state index contributed by atoms with van der Waals surface area (Å²) in [5.41, 5.74) is 1.62. The Balaban J connectivity index is 2.36. The van der Waals surface area contributed by atoms with Crippen molar-refractivity contribution in [2.45, 2.75) is 26.2 Å². The number of hydrogen-bond donors (Lipinski definition) is 3. The van der Waals surface area contributed by atoms with Crippen LogP contribution in [0.5, 0.6) is 0 Å². The Morgan fingerprint density at radius 1 is 1.16 bits per heavy atom. The van der Waals surface area contributed by atoms with E-state index in [0.29, 0.717) is 19.4 Å². The number of benzene rings is 1. The van der Waals surface area contributed by atoms with Crippen LogP contribution in [0.3, 0.4) is 0 Å². The predicted octanol–water partition coefficient (Wildman–Crippen LogP) is 1.08. The number of aliphatic hydroxyl groups excluding tert-OH is 1. The fourth-order valence-corrected chi connectivity index (χ4v) is 1.62. The molecule has 0 saturated heterocycles. The third-order valence-electron chi connectivity index (χ3n) is 2.55. The van der Waals surface area contributed by atoms with Crippen LogP contribution >= 0.6 is 0 Å². The molecule has 0 fully saturated rings. The van der Waals surface area contributed by atoms with Crippen molar-refractivity contribution in [3.63, 3.8) is 0 Å². The predicted molar refractivity (Wildman–Crippen MR) is 73.8 cm³/mol. The van der Waals surface area contributed by atoms with Crippen LogP contribution in [-0.2, 0) is 16.0 Å². The Kier molecular flexibility index (Phi) is 6.60. The number of unbranched alkanes of at least 4 members (excludes halogenated alkanes) is 1. The van der Waals surface area contributed by atoms with Crippen molar-refractivity contribution in [3.8, 4) is 0 Å². The third-order valence-corrected chi connectivity index (χ3v) is 2.55. The monoisotopic (exact) mass is 264 g/mol. The summed E-state index contributed by atoms with van der Waals surface area (Å²) >= 11 is 0. The number of aliphatic hydroxyl groups is 1. The number of rotatable bonds is 7. The Morgan fingerprint density at radius 2 is 1.84 bits per heavy atom. The first-order valence-electron chi connectivity index (χ1n) is 6.36. The van der Waals surface area contributed by atoms with Crippen LogP contribution in [0.25, 0.3) is 0 Å². The second kappa shape index (κ2) is 8.26. The van der Waals surface area contributed by atoms with E-state index in [0.717, 1.165) is 17.7 Å². The zero-order valence-electron chi connectivity index (χ0n) is 11.1. The lowest BCUT2D eigenvalue weighted by molar-refractivity contribution is -0.120. The smallest absolute Gasteiger partial charge is 0.224 e. The van der Waals surface area contributed by atoms with Crippen molar-refractivity contribution in [3.05, 3.63) is 29.8 Å². The molecular weight excluding hydrogens is 244 g/mol. The van der Waals surface area contributed by atoms with E-state index in [1.54, 1.807) is 12.1 Å². The quantitative estimate of drug-likeness (QED) is 0.645. The van der Waals surface area contributed by atoms with Crippen molar-refractivity contribution in [2.24, 2.45) is 0 Å². The van der Waals surface area contributed by atoms with Crippen molar-refractivity contribution in [2.75, 3.05) is 18.5 Å². The molecule has 104 valence electrons. The number of amides is 2. The van der Waals surface area contributed by atoms with E-state index in [1.807, 2.05) is 12.1 Å². The van der Waals surface area contributed by atoms with Crippen LogP contribution in [0.2, 0.25) is 0 Å². The second-order valence-corrected chi connectivity index (χ2v) is 4.34. The molecule has 0 unspecified atom stereocenters. The van der Waals surface area contributed by atoms with E-state index in [-0.39, 0.29) is 18.4 Å². The van der Waals surface area contributed by atoms with E-state index >= 15 is 0 Å². The van der Waals surface area contributed by atoms with Gasteiger partial charge in [0.05, 0.1) is 6.42 Å². The summed E-state index contributed by atoms with van der Waals surface area (Å²) in [5.74, 6) is -0.153. The van der Waals surface area contributed by atoms with Gasteiger partial charge in [-0.2, -0.15) is 0 Å². The molecule has 0 atom stereocenters. The highest BCUT2D eigenvalue weighted by atomic mass is 16.3. The SMILES string of the molecule is CC(=O)Nc1ccc(CC(=O)NCCCCO)cc1. The van der Waals surface area contributed by atoms with Gasteiger partial charge in [-0.1, -0.05) is 12.1 Å². The van der Waals surface area contributed by atoms with Gasteiger partial charge in [0, 0.05) is 25.8 Å². The molecule has 0 bridgehead atoms. The first-order chi connectivity index (χ1) is 9.11. The fraction of sp³-hybridized carbons (Fsp3) is 0.429. The minimum Gasteiger partial charge on any atom is -0.396 e. The lowest BCUT2D eigenvalue weighted by atomic mass is 10.1. The van der Waals surface area contributed by atoms with Crippen LogP contribution in [0.4, 0.5) is 5.69 Å². The second-order valence-electron chi connectivity index (χ2n) is 4.34. The van der Waals surface area contributed by atoms with Crippen LogP contribution < -0.4 is 10.6 Å². The van der Waals surface area contributed by atoms with Crippen LogP contribution in [0, 0.1) is 0 Å². The fourth-order valence-electron chi connectivity index (χ4n) is 1.62. The minimum absolute atomic E-state index is 0.0368. The topological polar surface area (TPSA) is 78.4 Å². The first kappa shape index (κ1) is 15.2. The van der Waals surface area contributed by atoms with E-state index < -0.39 is 0 Å². The van der Waals surface area contributed by atoms with E-state index in [4.69, 9.17) is 5.11 Å². The average molecular weight is 264 g/mol. The molecule has 0 heterocycles. The summed E-state index contributed by atoms with van der Waals surface area (Å²) < 4.78 is 0. The van der Waals surface area contributed by atoms with Gasteiger partial charge >= 0.3 is 0 Å². The summed E-state index contributed by atoms with van der Waals surface area (Å²) in [7, 11) is 0. The summed E-state index contributed by atoms with van der Waals surface area (Å²) in [6.07, 6.45) is 1.80. The van der Waals surface area contributed by atoms with Gasteiger partial charge in [-0.25, -0.2) is 0 Å². The molecule has 1 aromatic carbocycles. The molecule has 0 spiro atoms. The molecule has 19 heavy (non-hydrogen) atoms. The maximum absolute atomic E-state index is 11.6. The third kappa shape index (κ3) is 6.57. The van der Waals surface area contributed by atoms with Crippen molar-refractivity contribution < 1.29 is 14.7 Å². The number of nitrogens with one attached hydrogen (secondary N) is 2. The normalized spacial score (nSPS) is 10.0. The van der Waals surface area contributed by atoms with Crippen molar-refractivity contribution >= 4 is 17.5 Å². The van der Waals surface area contributed by atoms with Gasteiger partial charge < -0.3 is 15.7 Å². The van der Waals surface area contributed by atoms with E-state index in [9.17, 15) is 9.59 Å². The molecule has 1 aromatic rings. The average Bonchev–Trinajstić information content (AvgIpc) is 2.36. The van der Waals surface area contributed by atoms with E-state index in [2.05, 4.69) is 10.6 Å². The summed E-state index contributed by atoms with van der Waals surface area (Å²) in [5, 5.41) is 14.1. The first-order valence-corrected chi connectivity index (χ1v) is 6.36.